The van der Waals surface area contributed by atoms with Crippen LogP contribution in [-0.2, 0) is 14.4 Å². The second-order valence-electron chi connectivity index (χ2n) is 1.63. The van der Waals surface area contributed by atoms with Crippen LogP contribution in [0.1, 0.15) is 0 Å². The minimum Gasteiger partial charge on any atom is -0.465 e. The first kappa shape index (κ1) is 6.67. The van der Waals surface area contributed by atoms with E-state index in [0.717, 1.165) is 0 Å². The average molecular weight is 141 g/mol. The Hall–Kier alpha value is -1.45. The van der Waals surface area contributed by atoms with E-state index in [1.807, 2.05) is 0 Å². The molecule has 0 spiro atoms. The van der Waals surface area contributed by atoms with E-state index in [1.165, 1.54) is 19.6 Å². The lowest BCUT2D eigenvalue weighted by atomic mass is 10.3. The van der Waals surface area contributed by atoms with Crippen LogP contribution in [0.2, 0.25) is 0 Å². The molecule has 0 amide bonds. The molecule has 54 valence electrons. The summed E-state index contributed by atoms with van der Waals surface area (Å²) in [4.78, 5) is 15.3. The van der Waals surface area contributed by atoms with Gasteiger partial charge in [-0.05, 0) is 6.08 Å². The van der Waals surface area contributed by atoms with Crippen LogP contribution in [0.5, 0.6) is 0 Å². The first-order valence-electron chi connectivity index (χ1n) is 2.71. The van der Waals surface area contributed by atoms with Crippen molar-refractivity contribution in [2.24, 2.45) is 0 Å². The summed E-state index contributed by atoms with van der Waals surface area (Å²) in [5, 5.41) is 0. The molecule has 0 aliphatic carbocycles. The maximum absolute atomic E-state index is 10.7. The van der Waals surface area contributed by atoms with Crippen LogP contribution in [0.15, 0.2) is 24.1 Å². The van der Waals surface area contributed by atoms with Crippen LogP contribution in [0.25, 0.3) is 0 Å². The molecule has 0 unspecified atom stereocenters. The predicted octanol–water partition coefficient (Wildman–Crippen LogP) is 0.0918. The highest BCUT2D eigenvalue weighted by molar-refractivity contribution is 5.91. The van der Waals surface area contributed by atoms with Gasteiger partial charge >= 0.3 is 5.97 Å². The summed E-state index contributed by atoms with van der Waals surface area (Å²) in [6, 6.07) is 0. The Bertz CT molecular complexity index is 195. The summed E-state index contributed by atoms with van der Waals surface area (Å²) >= 11 is 0. The Morgan fingerprint density at radius 2 is 2.60 bits per heavy atom. The van der Waals surface area contributed by atoms with Crippen molar-refractivity contribution in [1.82, 2.24) is 5.48 Å². The van der Waals surface area contributed by atoms with Gasteiger partial charge in [0.1, 0.15) is 6.26 Å². The Balaban J connectivity index is 2.63. The zero-order valence-corrected chi connectivity index (χ0v) is 5.46. The van der Waals surface area contributed by atoms with Gasteiger partial charge in [0.25, 0.3) is 0 Å². The Morgan fingerprint density at radius 1 is 1.80 bits per heavy atom. The van der Waals surface area contributed by atoms with E-state index < -0.39 is 5.97 Å². The molecule has 1 aliphatic heterocycles. The maximum atomic E-state index is 10.7. The second-order valence-corrected chi connectivity index (χ2v) is 1.63. The number of hydrogen-bond acceptors (Lipinski definition) is 4. The number of methoxy groups -OCH3 is 1. The standard InChI is InChI=1S/C6H7NO3/c1-9-6(8)5-2-3-7-10-4-5/h2-4,7H,1H3. The fraction of sp³-hybridized carbons (Fsp3) is 0.167. The summed E-state index contributed by atoms with van der Waals surface area (Å²) in [6.45, 7) is 0. The summed E-state index contributed by atoms with van der Waals surface area (Å²) in [5.41, 5.74) is 2.82. The van der Waals surface area contributed by atoms with Crippen LogP contribution >= 0.6 is 0 Å². The van der Waals surface area contributed by atoms with Crippen LogP contribution in [0, 0.1) is 0 Å². The summed E-state index contributed by atoms with van der Waals surface area (Å²) in [6.07, 6.45) is 4.35. The minimum atomic E-state index is -0.405. The highest BCUT2D eigenvalue weighted by Gasteiger charge is 2.07. The van der Waals surface area contributed by atoms with Crippen molar-refractivity contribution in [3.05, 3.63) is 24.1 Å². The molecular weight excluding hydrogens is 134 g/mol. The van der Waals surface area contributed by atoms with Gasteiger partial charge in [-0.2, -0.15) is 0 Å². The quantitative estimate of drug-likeness (QED) is 0.526. The number of carbonyl (C=O) groups is 1. The lowest BCUT2D eigenvalue weighted by molar-refractivity contribution is -0.136. The lowest BCUT2D eigenvalue weighted by Gasteiger charge is -2.05. The summed E-state index contributed by atoms with van der Waals surface area (Å²) in [7, 11) is 1.32. The molecule has 1 heterocycles. The Kier molecular flexibility index (Phi) is 1.94. The molecule has 1 aliphatic rings. The first-order valence-corrected chi connectivity index (χ1v) is 2.71. The van der Waals surface area contributed by atoms with Gasteiger partial charge in [0.05, 0.1) is 12.7 Å². The van der Waals surface area contributed by atoms with E-state index in [9.17, 15) is 4.79 Å². The van der Waals surface area contributed by atoms with Gasteiger partial charge in [0, 0.05) is 6.20 Å². The molecule has 1 rings (SSSR count). The van der Waals surface area contributed by atoms with E-state index in [1.54, 1.807) is 6.08 Å². The molecule has 0 bridgehead atoms. The van der Waals surface area contributed by atoms with Gasteiger partial charge in [-0.25, -0.2) is 10.3 Å². The van der Waals surface area contributed by atoms with Gasteiger partial charge in [-0.15, -0.1) is 0 Å². The van der Waals surface area contributed by atoms with Crippen molar-refractivity contribution in [2.75, 3.05) is 7.11 Å². The number of carbonyl (C=O) groups excluding carboxylic acids is 1. The molecule has 0 saturated carbocycles. The van der Waals surface area contributed by atoms with Gasteiger partial charge in [0.2, 0.25) is 0 Å². The van der Waals surface area contributed by atoms with Crippen molar-refractivity contribution in [3.8, 4) is 0 Å². The zero-order chi connectivity index (χ0) is 7.40. The fourth-order valence-corrected chi connectivity index (χ4v) is 0.534. The summed E-state index contributed by atoms with van der Waals surface area (Å²) < 4.78 is 4.42. The Morgan fingerprint density at radius 3 is 3.10 bits per heavy atom. The average Bonchev–Trinajstić information content (AvgIpc) is 2.05. The second kappa shape index (κ2) is 2.91. The smallest absolute Gasteiger partial charge is 0.341 e. The van der Waals surface area contributed by atoms with Crippen molar-refractivity contribution in [3.63, 3.8) is 0 Å². The molecule has 0 fully saturated rings. The van der Waals surface area contributed by atoms with Crippen LogP contribution in [0.4, 0.5) is 0 Å². The molecule has 0 aromatic carbocycles. The molecule has 0 aromatic rings. The SMILES string of the molecule is COC(=O)C1=CONC=C1. The highest BCUT2D eigenvalue weighted by atomic mass is 16.6. The summed E-state index contributed by atoms with van der Waals surface area (Å²) in [5.74, 6) is -0.405. The molecule has 0 atom stereocenters. The molecule has 4 nitrogen and oxygen atoms in total. The zero-order valence-electron chi connectivity index (χ0n) is 5.46. The monoisotopic (exact) mass is 141 g/mol. The first-order chi connectivity index (χ1) is 4.84. The highest BCUT2D eigenvalue weighted by Crippen LogP contribution is 2.01. The van der Waals surface area contributed by atoms with E-state index in [4.69, 9.17) is 0 Å². The maximum Gasteiger partial charge on any atom is 0.341 e. The van der Waals surface area contributed by atoms with Crippen molar-refractivity contribution in [1.29, 1.82) is 0 Å². The largest absolute Gasteiger partial charge is 0.465 e. The fourth-order valence-electron chi connectivity index (χ4n) is 0.534. The third kappa shape index (κ3) is 1.28. The minimum absolute atomic E-state index is 0.390. The van der Waals surface area contributed by atoms with Crippen molar-refractivity contribution >= 4 is 5.97 Å². The molecule has 1 N–H and O–H groups in total. The molecule has 4 heteroatoms. The number of ether oxygens (including phenoxy) is 1. The van der Waals surface area contributed by atoms with Gasteiger partial charge in [-0.1, -0.05) is 0 Å². The Labute approximate surface area is 58.1 Å². The normalized spacial score (nSPS) is 14.7. The molecule has 0 radical (unpaired) electrons. The van der Waals surface area contributed by atoms with Crippen molar-refractivity contribution < 1.29 is 14.4 Å². The topological polar surface area (TPSA) is 47.6 Å². The van der Waals surface area contributed by atoms with Gasteiger partial charge in [0.15, 0.2) is 0 Å². The van der Waals surface area contributed by atoms with Crippen LogP contribution in [-0.4, -0.2) is 13.1 Å². The van der Waals surface area contributed by atoms with E-state index in [0.29, 0.717) is 5.57 Å². The predicted molar refractivity (Wildman–Crippen MR) is 33.5 cm³/mol. The van der Waals surface area contributed by atoms with Gasteiger partial charge < -0.3 is 9.57 Å². The van der Waals surface area contributed by atoms with E-state index >= 15 is 0 Å². The number of hydrogen-bond donors (Lipinski definition) is 1. The van der Waals surface area contributed by atoms with E-state index in [-0.39, 0.29) is 0 Å². The number of rotatable bonds is 1. The van der Waals surface area contributed by atoms with Crippen LogP contribution in [0.3, 0.4) is 0 Å². The van der Waals surface area contributed by atoms with Crippen molar-refractivity contribution in [2.45, 2.75) is 0 Å². The van der Waals surface area contributed by atoms with Crippen LogP contribution < -0.4 is 5.48 Å². The number of hydroxylamine groups is 1. The molecule has 0 saturated heterocycles. The number of nitrogens with one attached hydrogen (secondary N) is 1. The van der Waals surface area contributed by atoms with Gasteiger partial charge in [-0.3, -0.25) is 0 Å². The third-order valence-electron chi connectivity index (χ3n) is 1.01. The molecule has 0 aromatic heterocycles. The molecule has 10 heavy (non-hydrogen) atoms. The van der Waals surface area contributed by atoms with E-state index in [2.05, 4.69) is 15.1 Å². The third-order valence-corrected chi connectivity index (χ3v) is 1.01. The molecular formula is C6H7NO3. The lowest BCUT2D eigenvalue weighted by Crippen LogP contribution is -2.11. The number of esters is 1.